The maximum Gasteiger partial charge on any atom is 0.408 e. The topological polar surface area (TPSA) is 89.5 Å². The molecule has 2 aromatic carbocycles. The van der Waals surface area contributed by atoms with Gasteiger partial charge in [-0.15, -0.1) is 0 Å². The number of alkyl carbamates (subject to hydrolysis) is 1. The molecule has 3 atom stereocenters. The first-order valence-corrected chi connectivity index (χ1v) is 11.4. The molecule has 30 heavy (non-hydrogen) atoms. The van der Waals surface area contributed by atoms with Crippen molar-refractivity contribution in [3.05, 3.63) is 64.1 Å². The molecule has 0 saturated heterocycles. The van der Waals surface area contributed by atoms with Gasteiger partial charge in [0.1, 0.15) is 22.7 Å². The maximum atomic E-state index is 13.4. The Kier molecular flexibility index (Phi) is 5.93. The molecular weight excluding hydrogens is 449 g/mol. The van der Waals surface area contributed by atoms with Gasteiger partial charge in [-0.05, 0) is 62.7 Å². The molecule has 160 valence electrons. The van der Waals surface area contributed by atoms with E-state index >= 15 is 0 Å². The van der Waals surface area contributed by atoms with Gasteiger partial charge in [0.25, 0.3) is 0 Å². The predicted octanol–water partition coefficient (Wildman–Crippen LogP) is 4.40. The summed E-state index contributed by atoms with van der Waals surface area (Å²) in [6.07, 6.45) is -0.406. The molecule has 2 aromatic rings. The van der Waals surface area contributed by atoms with Crippen LogP contribution in [0.25, 0.3) is 0 Å². The number of halogens is 2. The molecule has 1 saturated carbocycles. The number of ether oxygens (including phenoxy) is 1. The minimum Gasteiger partial charge on any atom is -0.444 e. The Morgan fingerprint density at radius 3 is 2.00 bits per heavy atom. The number of hydrogen-bond acceptors (Lipinski definition) is 5. The monoisotopic (exact) mass is 469 g/mol. The molecule has 0 unspecified atom stereocenters. The number of carbonyl (C=O) groups is 2. The lowest BCUT2D eigenvalue weighted by atomic mass is 10.1. The van der Waals surface area contributed by atoms with E-state index in [-0.39, 0.29) is 4.90 Å². The van der Waals surface area contributed by atoms with Crippen LogP contribution in [0.5, 0.6) is 0 Å². The Balaban J connectivity index is 2.04. The van der Waals surface area contributed by atoms with Gasteiger partial charge in [-0.1, -0.05) is 35.3 Å². The van der Waals surface area contributed by atoms with Crippen molar-refractivity contribution in [2.24, 2.45) is 0 Å². The van der Waals surface area contributed by atoms with Crippen molar-refractivity contribution in [2.45, 2.75) is 48.0 Å². The molecule has 0 bridgehead atoms. The van der Waals surface area contributed by atoms with Crippen LogP contribution in [0.15, 0.2) is 53.4 Å². The van der Waals surface area contributed by atoms with E-state index < -0.39 is 38.2 Å². The molecule has 1 aliphatic rings. The van der Waals surface area contributed by atoms with E-state index in [1.807, 2.05) is 0 Å². The van der Waals surface area contributed by atoms with Crippen molar-refractivity contribution in [2.75, 3.05) is 0 Å². The largest absolute Gasteiger partial charge is 0.444 e. The number of benzene rings is 2. The average Bonchev–Trinajstić information content (AvgIpc) is 3.30. The summed E-state index contributed by atoms with van der Waals surface area (Å²) in [6, 6.07) is 12.1. The highest BCUT2D eigenvalue weighted by Gasteiger charge is 2.73. The minimum atomic E-state index is -3.99. The van der Waals surface area contributed by atoms with Crippen LogP contribution in [0.2, 0.25) is 10.0 Å². The van der Waals surface area contributed by atoms with Crippen LogP contribution in [0.3, 0.4) is 0 Å². The molecule has 1 amide bonds. The van der Waals surface area contributed by atoms with E-state index in [0.29, 0.717) is 21.9 Å². The normalized spacial score (nSPS) is 23.5. The summed E-state index contributed by atoms with van der Waals surface area (Å²) >= 11 is 11.8. The van der Waals surface area contributed by atoms with Crippen LogP contribution in [0, 0.1) is 0 Å². The first-order valence-electron chi connectivity index (χ1n) is 9.13. The fourth-order valence-corrected chi connectivity index (χ4v) is 6.00. The van der Waals surface area contributed by atoms with Crippen LogP contribution in [0.4, 0.5) is 4.79 Å². The van der Waals surface area contributed by atoms with Crippen molar-refractivity contribution in [1.29, 1.82) is 0 Å². The Labute approximate surface area is 185 Å². The summed E-state index contributed by atoms with van der Waals surface area (Å²) in [4.78, 5) is 24.6. The summed E-state index contributed by atoms with van der Waals surface area (Å²) in [7, 11) is -3.99. The van der Waals surface area contributed by atoms with Crippen molar-refractivity contribution in [3.63, 3.8) is 0 Å². The lowest BCUT2D eigenvalue weighted by Crippen LogP contribution is -2.45. The number of carbonyl (C=O) groups excluding carboxylic acids is 2. The zero-order valence-corrected chi connectivity index (χ0v) is 18.9. The van der Waals surface area contributed by atoms with Gasteiger partial charge in [0.15, 0.2) is 9.84 Å². The third-order valence-electron chi connectivity index (χ3n) is 4.80. The highest BCUT2D eigenvalue weighted by molar-refractivity contribution is 7.92. The van der Waals surface area contributed by atoms with E-state index in [4.69, 9.17) is 27.9 Å². The molecule has 6 nitrogen and oxygen atoms in total. The molecule has 9 heteroatoms. The maximum absolute atomic E-state index is 13.4. The van der Waals surface area contributed by atoms with E-state index in [9.17, 15) is 18.0 Å². The van der Waals surface area contributed by atoms with E-state index in [0.717, 1.165) is 0 Å². The molecule has 0 aromatic heterocycles. The number of nitrogens with one attached hydrogen (secondary N) is 1. The Morgan fingerprint density at radius 2 is 1.53 bits per heavy atom. The molecule has 3 rings (SSSR count). The van der Waals surface area contributed by atoms with E-state index in [1.54, 1.807) is 45.0 Å². The van der Waals surface area contributed by atoms with Gasteiger partial charge >= 0.3 is 6.09 Å². The van der Waals surface area contributed by atoms with Crippen molar-refractivity contribution < 1.29 is 22.7 Å². The van der Waals surface area contributed by atoms with Crippen molar-refractivity contribution >= 4 is 45.4 Å². The second-order valence-electron chi connectivity index (χ2n) is 8.13. The smallest absolute Gasteiger partial charge is 0.408 e. The molecule has 1 fully saturated rings. The Bertz CT molecular complexity index is 1060. The van der Waals surface area contributed by atoms with Crippen LogP contribution < -0.4 is 5.32 Å². The lowest BCUT2D eigenvalue weighted by molar-refractivity contribution is -0.110. The van der Waals surface area contributed by atoms with Gasteiger partial charge < -0.3 is 14.8 Å². The van der Waals surface area contributed by atoms with Gasteiger partial charge in [0.2, 0.25) is 0 Å². The number of rotatable bonds is 5. The summed E-state index contributed by atoms with van der Waals surface area (Å²) in [5.74, 6) is -0.805. The van der Waals surface area contributed by atoms with Crippen LogP contribution in [-0.4, -0.2) is 37.2 Å². The minimum absolute atomic E-state index is 0.00516. The lowest BCUT2D eigenvalue weighted by Gasteiger charge is -2.22. The van der Waals surface area contributed by atoms with Crippen LogP contribution >= 0.6 is 23.2 Å². The van der Waals surface area contributed by atoms with Gasteiger partial charge in [-0.25, -0.2) is 13.2 Å². The molecule has 1 N–H and O–H groups in total. The number of aldehydes is 1. The number of hydrogen-bond donors (Lipinski definition) is 1. The second kappa shape index (κ2) is 7.87. The quantitative estimate of drug-likeness (QED) is 0.655. The van der Waals surface area contributed by atoms with Crippen molar-refractivity contribution in [1.82, 2.24) is 5.32 Å². The highest BCUT2D eigenvalue weighted by atomic mass is 35.5. The molecule has 0 aliphatic heterocycles. The fraction of sp³-hybridized carbons (Fsp3) is 0.333. The first-order chi connectivity index (χ1) is 13.9. The third kappa shape index (κ3) is 4.33. The summed E-state index contributed by atoms with van der Waals surface area (Å²) < 4.78 is 32.0. The Hall–Kier alpha value is -2.09. The zero-order valence-electron chi connectivity index (χ0n) is 16.6. The standard InChI is InChI=1S/C21H21Cl2NO5S/c1-20(2,3)29-19(26)24-21(12-25)17(13-4-6-14(22)7-5-13)18(21)30(27,28)16-10-8-15(23)9-11-16/h4-12,17-18H,1-3H3,(H,24,26)/t17-,18-,21-/m1/s1. The van der Waals surface area contributed by atoms with Gasteiger partial charge in [-0.2, -0.15) is 0 Å². The summed E-state index contributed by atoms with van der Waals surface area (Å²) in [5, 5.41) is 2.14. The SMILES string of the molecule is CC(C)(C)OC(=O)N[C@]1(C=O)[C@H](c2ccc(Cl)cc2)[C@H]1S(=O)(=O)c1ccc(Cl)cc1. The molecule has 0 spiro atoms. The van der Waals surface area contributed by atoms with E-state index in [2.05, 4.69) is 5.32 Å². The zero-order chi connectivity index (χ0) is 22.3. The highest BCUT2D eigenvalue weighted by Crippen LogP contribution is 2.56. The molecular formula is C21H21Cl2NO5S. The summed E-state index contributed by atoms with van der Waals surface area (Å²) in [6.45, 7) is 5.02. The van der Waals surface area contributed by atoms with E-state index in [1.165, 1.54) is 24.3 Å². The van der Waals surface area contributed by atoms with Crippen LogP contribution in [0.1, 0.15) is 32.3 Å². The average molecular weight is 470 g/mol. The predicted molar refractivity (Wildman–Crippen MR) is 115 cm³/mol. The number of sulfone groups is 1. The molecule has 0 radical (unpaired) electrons. The fourth-order valence-electron chi connectivity index (χ4n) is 3.50. The van der Waals surface area contributed by atoms with Gasteiger partial charge in [0.05, 0.1) is 4.90 Å². The Morgan fingerprint density at radius 1 is 1.03 bits per heavy atom. The summed E-state index contributed by atoms with van der Waals surface area (Å²) in [5.41, 5.74) is -1.93. The molecule has 0 heterocycles. The van der Waals surface area contributed by atoms with Gasteiger partial charge in [-0.3, -0.25) is 0 Å². The number of amides is 1. The van der Waals surface area contributed by atoms with Crippen molar-refractivity contribution in [3.8, 4) is 0 Å². The third-order valence-corrected chi connectivity index (χ3v) is 7.56. The van der Waals surface area contributed by atoms with Gasteiger partial charge in [0, 0.05) is 16.0 Å². The second-order valence-corrected chi connectivity index (χ2v) is 11.1. The molecule has 1 aliphatic carbocycles. The van der Waals surface area contributed by atoms with Crippen LogP contribution in [-0.2, 0) is 19.4 Å². The first kappa shape index (κ1) is 22.6.